The SMILES string of the molecule is CCC(C)(C(=O)N(CCOC)C1CC1)C(N)=S. The molecule has 4 nitrogen and oxygen atoms in total. The molecule has 0 saturated heterocycles. The summed E-state index contributed by atoms with van der Waals surface area (Å²) in [6.07, 6.45) is 2.79. The smallest absolute Gasteiger partial charge is 0.235 e. The van der Waals surface area contributed by atoms with Crippen LogP contribution in [-0.2, 0) is 9.53 Å². The second-order valence-corrected chi connectivity index (χ2v) is 5.21. The average Bonchev–Trinajstić information content (AvgIpc) is 3.12. The third-order valence-corrected chi connectivity index (χ3v) is 3.96. The van der Waals surface area contributed by atoms with Crippen LogP contribution in [-0.4, -0.2) is 42.1 Å². The first-order valence-corrected chi connectivity index (χ1v) is 6.48. The number of hydrogen-bond donors (Lipinski definition) is 1. The number of nitrogens with zero attached hydrogens (tertiary/aromatic N) is 1. The predicted molar refractivity (Wildman–Crippen MR) is 71.8 cm³/mol. The molecule has 0 aromatic carbocycles. The molecule has 1 aliphatic carbocycles. The quantitative estimate of drug-likeness (QED) is 0.700. The van der Waals surface area contributed by atoms with Crippen molar-refractivity contribution in [1.82, 2.24) is 4.90 Å². The van der Waals surface area contributed by atoms with Crippen LogP contribution in [0.3, 0.4) is 0 Å². The zero-order valence-electron chi connectivity index (χ0n) is 10.9. The number of amides is 1. The molecular formula is C12H22N2O2S. The molecular weight excluding hydrogens is 236 g/mol. The van der Waals surface area contributed by atoms with Gasteiger partial charge in [0.2, 0.25) is 5.91 Å². The number of carbonyl (C=O) groups is 1. The van der Waals surface area contributed by atoms with E-state index in [1.807, 2.05) is 18.7 Å². The van der Waals surface area contributed by atoms with E-state index < -0.39 is 5.41 Å². The van der Waals surface area contributed by atoms with E-state index in [1.165, 1.54) is 0 Å². The van der Waals surface area contributed by atoms with Gasteiger partial charge in [-0.3, -0.25) is 4.79 Å². The molecule has 0 aromatic heterocycles. The largest absolute Gasteiger partial charge is 0.392 e. The molecule has 5 heteroatoms. The number of hydrogen-bond acceptors (Lipinski definition) is 3. The van der Waals surface area contributed by atoms with Crippen molar-refractivity contribution in [2.45, 2.75) is 39.2 Å². The zero-order valence-corrected chi connectivity index (χ0v) is 11.7. The van der Waals surface area contributed by atoms with Crippen molar-refractivity contribution in [2.75, 3.05) is 20.3 Å². The Morgan fingerprint density at radius 2 is 2.18 bits per heavy atom. The number of methoxy groups -OCH3 is 1. The van der Waals surface area contributed by atoms with E-state index in [2.05, 4.69) is 0 Å². The van der Waals surface area contributed by atoms with E-state index in [1.54, 1.807) is 7.11 Å². The van der Waals surface area contributed by atoms with Gasteiger partial charge in [0, 0.05) is 19.7 Å². The number of ether oxygens (including phenoxy) is 1. The third kappa shape index (κ3) is 3.16. The van der Waals surface area contributed by atoms with Crippen LogP contribution in [0.15, 0.2) is 0 Å². The Kier molecular flexibility index (Phi) is 4.89. The van der Waals surface area contributed by atoms with E-state index in [9.17, 15) is 4.79 Å². The lowest BCUT2D eigenvalue weighted by Gasteiger charge is -2.33. The number of carbonyl (C=O) groups excluding carboxylic acids is 1. The van der Waals surface area contributed by atoms with Gasteiger partial charge in [-0.15, -0.1) is 0 Å². The summed E-state index contributed by atoms with van der Waals surface area (Å²) in [5.74, 6) is 0.0482. The van der Waals surface area contributed by atoms with Crippen molar-refractivity contribution < 1.29 is 9.53 Å². The number of rotatable bonds is 7. The van der Waals surface area contributed by atoms with Crippen LogP contribution in [0.1, 0.15) is 33.1 Å². The lowest BCUT2D eigenvalue weighted by Crippen LogP contribution is -2.50. The molecule has 17 heavy (non-hydrogen) atoms. The zero-order chi connectivity index (χ0) is 13.1. The Labute approximate surface area is 108 Å². The summed E-state index contributed by atoms with van der Waals surface area (Å²) in [6, 6.07) is 0.359. The van der Waals surface area contributed by atoms with E-state index >= 15 is 0 Å². The van der Waals surface area contributed by atoms with Gasteiger partial charge in [-0.2, -0.15) is 0 Å². The van der Waals surface area contributed by atoms with E-state index in [4.69, 9.17) is 22.7 Å². The van der Waals surface area contributed by atoms with Crippen LogP contribution in [0, 0.1) is 5.41 Å². The lowest BCUT2D eigenvalue weighted by molar-refractivity contribution is -0.139. The van der Waals surface area contributed by atoms with Gasteiger partial charge < -0.3 is 15.4 Å². The van der Waals surface area contributed by atoms with Gasteiger partial charge in [-0.05, 0) is 26.2 Å². The summed E-state index contributed by atoms with van der Waals surface area (Å²) in [4.78, 5) is 14.7. The minimum atomic E-state index is -0.717. The molecule has 0 heterocycles. The van der Waals surface area contributed by atoms with Crippen molar-refractivity contribution in [2.24, 2.45) is 11.1 Å². The molecule has 0 spiro atoms. The van der Waals surface area contributed by atoms with Gasteiger partial charge in [0.1, 0.15) is 0 Å². The van der Waals surface area contributed by atoms with E-state index in [0.717, 1.165) is 12.8 Å². The highest BCUT2D eigenvalue weighted by atomic mass is 32.1. The maximum Gasteiger partial charge on any atom is 0.235 e. The summed E-state index contributed by atoms with van der Waals surface area (Å²) in [5, 5.41) is 0. The summed E-state index contributed by atoms with van der Waals surface area (Å²) in [7, 11) is 1.64. The van der Waals surface area contributed by atoms with Crippen molar-refractivity contribution in [3.8, 4) is 0 Å². The first-order chi connectivity index (χ1) is 7.97. The van der Waals surface area contributed by atoms with Gasteiger partial charge in [0.25, 0.3) is 0 Å². The summed E-state index contributed by atoms with van der Waals surface area (Å²) < 4.78 is 5.05. The minimum absolute atomic E-state index is 0.0482. The first-order valence-electron chi connectivity index (χ1n) is 6.07. The van der Waals surface area contributed by atoms with Crippen LogP contribution in [0.25, 0.3) is 0 Å². The number of thiocarbonyl (C=S) groups is 1. The fourth-order valence-electron chi connectivity index (χ4n) is 1.77. The standard InChI is InChI=1S/C12H22N2O2S/c1-4-12(2,10(13)17)11(15)14(7-8-16-3)9-5-6-9/h9H,4-8H2,1-3H3,(H2,13,17). The van der Waals surface area contributed by atoms with Crippen molar-refractivity contribution in [3.05, 3.63) is 0 Å². The second-order valence-electron chi connectivity index (χ2n) is 4.77. The summed E-state index contributed by atoms with van der Waals surface area (Å²) in [5.41, 5.74) is 5.01. The van der Waals surface area contributed by atoms with Gasteiger partial charge in [-0.1, -0.05) is 19.1 Å². The van der Waals surface area contributed by atoms with Crippen LogP contribution in [0.2, 0.25) is 0 Å². The highest BCUT2D eigenvalue weighted by Crippen LogP contribution is 2.32. The molecule has 0 radical (unpaired) electrons. The fourth-order valence-corrected chi connectivity index (χ4v) is 2.01. The Morgan fingerprint density at radius 1 is 1.59 bits per heavy atom. The lowest BCUT2D eigenvalue weighted by atomic mass is 9.85. The second kappa shape index (κ2) is 5.78. The number of nitrogens with two attached hydrogens (primary N) is 1. The highest BCUT2D eigenvalue weighted by Gasteiger charge is 2.42. The molecule has 2 N–H and O–H groups in total. The molecule has 1 amide bonds. The Hall–Kier alpha value is -0.680. The third-order valence-electron chi connectivity index (χ3n) is 3.51. The summed E-state index contributed by atoms with van der Waals surface area (Å²) in [6.45, 7) is 4.95. The van der Waals surface area contributed by atoms with Crippen molar-refractivity contribution in [3.63, 3.8) is 0 Å². The molecule has 0 aliphatic heterocycles. The first kappa shape index (κ1) is 14.4. The van der Waals surface area contributed by atoms with Crippen LogP contribution in [0.4, 0.5) is 0 Å². The average molecular weight is 258 g/mol. The molecule has 1 atom stereocenters. The van der Waals surface area contributed by atoms with Crippen molar-refractivity contribution >= 4 is 23.1 Å². The Balaban J connectivity index is 2.78. The van der Waals surface area contributed by atoms with E-state index in [-0.39, 0.29) is 10.9 Å². The molecule has 1 unspecified atom stereocenters. The predicted octanol–water partition coefficient (Wildman–Crippen LogP) is 1.33. The Bertz CT molecular complexity index is 305. The normalized spacial score (nSPS) is 18.5. The molecule has 0 aromatic rings. The fraction of sp³-hybridized carbons (Fsp3) is 0.833. The topological polar surface area (TPSA) is 55.6 Å². The monoisotopic (exact) mass is 258 g/mol. The molecule has 1 aliphatic rings. The molecule has 0 bridgehead atoms. The van der Waals surface area contributed by atoms with Crippen LogP contribution < -0.4 is 5.73 Å². The van der Waals surface area contributed by atoms with Gasteiger partial charge in [-0.25, -0.2) is 0 Å². The van der Waals surface area contributed by atoms with Gasteiger partial charge >= 0.3 is 0 Å². The maximum atomic E-state index is 12.5. The van der Waals surface area contributed by atoms with Gasteiger partial charge in [0.05, 0.1) is 17.0 Å². The maximum absolute atomic E-state index is 12.5. The van der Waals surface area contributed by atoms with Crippen LogP contribution >= 0.6 is 12.2 Å². The van der Waals surface area contributed by atoms with Gasteiger partial charge in [0.15, 0.2) is 0 Å². The highest BCUT2D eigenvalue weighted by molar-refractivity contribution is 7.80. The molecule has 1 saturated carbocycles. The molecule has 1 fully saturated rings. The molecule has 1 rings (SSSR count). The van der Waals surface area contributed by atoms with Crippen LogP contribution in [0.5, 0.6) is 0 Å². The summed E-state index contributed by atoms with van der Waals surface area (Å²) >= 11 is 5.04. The van der Waals surface area contributed by atoms with Crippen molar-refractivity contribution in [1.29, 1.82) is 0 Å². The minimum Gasteiger partial charge on any atom is -0.392 e. The Morgan fingerprint density at radius 3 is 2.53 bits per heavy atom. The van der Waals surface area contributed by atoms with E-state index in [0.29, 0.717) is 25.6 Å². The molecule has 98 valence electrons.